The van der Waals surface area contributed by atoms with Crippen LogP contribution in [0.2, 0.25) is 0 Å². The third kappa shape index (κ3) is 4.68. The van der Waals surface area contributed by atoms with Crippen LogP contribution in [0.4, 0.5) is 0 Å². The fourth-order valence-electron chi connectivity index (χ4n) is 2.16. The van der Waals surface area contributed by atoms with Gasteiger partial charge in [-0.05, 0) is 62.4 Å². The maximum absolute atomic E-state index is 12.2. The highest BCUT2D eigenvalue weighted by atomic mass is 16.5. The predicted molar refractivity (Wildman–Crippen MR) is 88.5 cm³/mol. The van der Waals surface area contributed by atoms with Gasteiger partial charge in [-0.2, -0.15) is 0 Å². The van der Waals surface area contributed by atoms with E-state index in [-0.39, 0.29) is 18.0 Å². The Bertz CT molecular complexity index is 597. The number of rotatable bonds is 8. The van der Waals surface area contributed by atoms with Gasteiger partial charge in [-0.3, -0.25) is 9.59 Å². The van der Waals surface area contributed by atoms with E-state index in [1.54, 1.807) is 48.5 Å². The largest absolute Gasteiger partial charge is 0.494 e. The van der Waals surface area contributed by atoms with Crippen molar-refractivity contribution in [2.45, 2.75) is 20.3 Å². The van der Waals surface area contributed by atoms with Crippen molar-refractivity contribution in [3.63, 3.8) is 0 Å². The zero-order chi connectivity index (χ0) is 16.7. The average Bonchev–Trinajstić information content (AvgIpc) is 2.56. The summed E-state index contributed by atoms with van der Waals surface area (Å²) in [7, 11) is 0. The molecule has 0 saturated heterocycles. The fraction of sp³-hybridized carbons (Fsp3) is 0.263. The second kappa shape index (κ2) is 8.13. The van der Waals surface area contributed by atoms with Crippen LogP contribution >= 0.6 is 0 Å². The molecule has 2 rings (SSSR count). The smallest absolute Gasteiger partial charge is 0.170 e. The first-order chi connectivity index (χ1) is 11.1. The zero-order valence-corrected chi connectivity index (χ0v) is 13.4. The van der Waals surface area contributed by atoms with Gasteiger partial charge in [0.25, 0.3) is 0 Å². The standard InChI is InChI=1S/C19H20O4/c1-3-22-16-9-5-14(6-10-16)18(20)13-19(21)15-7-11-17(12-8-15)23-4-2/h5-12H,3-4,13H2,1-2H3. The van der Waals surface area contributed by atoms with Crippen molar-refractivity contribution in [1.29, 1.82) is 0 Å². The van der Waals surface area contributed by atoms with Gasteiger partial charge in [-0.1, -0.05) is 0 Å². The van der Waals surface area contributed by atoms with E-state index in [1.165, 1.54) is 0 Å². The van der Waals surface area contributed by atoms with Crippen LogP contribution < -0.4 is 9.47 Å². The third-order valence-corrected chi connectivity index (χ3v) is 3.30. The Morgan fingerprint density at radius 3 is 1.35 bits per heavy atom. The van der Waals surface area contributed by atoms with Gasteiger partial charge in [-0.15, -0.1) is 0 Å². The minimum absolute atomic E-state index is 0.151. The molecule has 0 N–H and O–H groups in total. The normalized spacial score (nSPS) is 10.2. The van der Waals surface area contributed by atoms with Crippen LogP contribution in [0, 0.1) is 0 Å². The lowest BCUT2D eigenvalue weighted by Gasteiger charge is -2.06. The van der Waals surface area contributed by atoms with Gasteiger partial charge < -0.3 is 9.47 Å². The van der Waals surface area contributed by atoms with E-state index >= 15 is 0 Å². The molecule has 120 valence electrons. The lowest BCUT2D eigenvalue weighted by Crippen LogP contribution is -2.08. The molecule has 0 aromatic heterocycles. The molecule has 4 nitrogen and oxygen atoms in total. The first-order valence-corrected chi connectivity index (χ1v) is 7.66. The van der Waals surface area contributed by atoms with Crippen molar-refractivity contribution < 1.29 is 19.1 Å². The minimum Gasteiger partial charge on any atom is -0.494 e. The van der Waals surface area contributed by atoms with E-state index < -0.39 is 0 Å². The first kappa shape index (κ1) is 16.7. The Hall–Kier alpha value is -2.62. The average molecular weight is 312 g/mol. The Kier molecular flexibility index (Phi) is 5.92. The van der Waals surface area contributed by atoms with Gasteiger partial charge in [0.1, 0.15) is 11.5 Å². The molecule has 0 bridgehead atoms. The number of benzene rings is 2. The summed E-state index contributed by atoms with van der Waals surface area (Å²) in [5.74, 6) is 1.02. The van der Waals surface area contributed by atoms with Gasteiger partial charge in [0, 0.05) is 11.1 Å². The maximum Gasteiger partial charge on any atom is 0.170 e. The molecule has 0 fully saturated rings. The summed E-state index contributed by atoms with van der Waals surface area (Å²) < 4.78 is 10.7. The molecule has 2 aromatic carbocycles. The molecule has 0 aliphatic rings. The summed E-state index contributed by atoms with van der Waals surface area (Å²) in [6.45, 7) is 4.94. The van der Waals surface area contributed by atoms with Crippen molar-refractivity contribution in [3.8, 4) is 11.5 Å². The Balaban J connectivity index is 1.99. The van der Waals surface area contributed by atoms with E-state index in [1.807, 2.05) is 13.8 Å². The molecule has 0 atom stereocenters. The van der Waals surface area contributed by atoms with Crippen LogP contribution in [0.1, 0.15) is 41.0 Å². The molecule has 0 radical (unpaired) electrons. The number of ether oxygens (including phenoxy) is 2. The van der Waals surface area contributed by atoms with E-state index in [0.29, 0.717) is 35.8 Å². The van der Waals surface area contributed by atoms with Gasteiger partial charge in [0.2, 0.25) is 0 Å². The molecule has 2 aromatic rings. The Labute approximate surface area is 136 Å². The summed E-state index contributed by atoms with van der Waals surface area (Å²) in [4.78, 5) is 24.4. The molecule has 0 saturated carbocycles. The SMILES string of the molecule is CCOc1ccc(C(=O)CC(=O)c2ccc(OCC)cc2)cc1. The van der Waals surface area contributed by atoms with Crippen molar-refractivity contribution in [2.75, 3.05) is 13.2 Å². The quantitative estimate of drug-likeness (QED) is 0.547. The first-order valence-electron chi connectivity index (χ1n) is 7.66. The molecule has 0 heterocycles. The van der Waals surface area contributed by atoms with Crippen molar-refractivity contribution in [1.82, 2.24) is 0 Å². The maximum atomic E-state index is 12.2. The van der Waals surface area contributed by atoms with Gasteiger partial charge in [0.15, 0.2) is 11.6 Å². The number of Topliss-reactive ketones (excluding diaryl/α,β-unsaturated/α-hetero) is 2. The molecular weight excluding hydrogens is 292 g/mol. The van der Waals surface area contributed by atoms with Crippen LogP contribution in [0.25, 0.3) is 0 Å². The fourth-order valence-corrected chi connectivity index (χ4v) is 2.16. The number of hydrogen-bond acceptors (Lipinski definition) is 4. The highest BCUT2D eigenvalue weighted by Gasteiger charge is 2.14. The Morgan fingerprint density at radius 2 is 1.04 bits per heavy atom. The second-order valence-corrected chi connectivity index (χ2v) is 4.94. The van der Waals surface area contributed by atoms with Gasteiger partial charge in [0.05, 0.1) is 19.6 Å². The number of hydrogen-bond donors (Lipinski definition) is 0. The van der Waals surface area contributed by atoms with Gasteiger partial charge >= 0.3 is 0 Å². The van der Waals surface area contributed by atoms with Crippen molar-refractivity contribution in [2.24, 2.45) is 0 Å². The summed E-state index contributed by atoms with van der Waals surface area (Å²) >= 11 is 0. The number of carbonyl (C=O) groups excluding carboxylic acids is 2. The molecule has 0 spiro atoms. The molecule has 23 heavy (non-hydrogen) atoms. The van der Waals surface area contributed by atoms with Crippen molar-refractivity contribution in [3.05, 3.63) is 59.7 Å². The predicted octanol–water partition coefficient (Wildman–Crippen LogP) is 3.94. The monoisotopic (exact) mass is 312 g/mol. The summed E-state index contributed by atoms with van der Waals surface area (Å²) in [5.41, 5.74) is 1.01. The molecule has 0 amide bonds. The molecule has 4 heteroatoms. The lowest BCUT2D eigenvalue weighted by molar-refractivity contribution is 0.0894. The molecular formula is C19H20O4. The summed E-state index contributed by atoms with van der Waals surface area (Å²) in [6, 6.07) is 13.7. The highest BCUT2D eigenvalue weighted by molar-refractivity contribution is 6.13. The number of carbonyl (C=O) groups is 2. The summed E-state index contributed by atoms with van der Waals surface area (Å²) in [5, 5.41) is 0. The van der Waals surface area contributed by atoms with Gasteiger partial charge in [-0.25, -0.2) is 0 Å². The lowest BCUT2D eigenvalue weighted by atomic mass is 10.0. The van der Waals surface area contributed by atoms with Crippen LogP contribution in [-0.4, -0.2) is 24.8 Å². The van der Waals surface area contributed by atoms with Crippen LogP contribution in [0.5, 0.6) is 11.5 Å². The molecule has 0 unspecified atom stereocenters. The van der Waals surface area contributed by atoms with Crippen LogP contribution in [0.3, 0.4) is 0 Å². The van der Waals surface area contributed by atoms with E-state index in [0.717, 1.165) is 0 Å². The van der Waals surface area contributed by atoms with Crippen LogP contribution in [-0.2, 0) is 0 Å². The minimum atomic E-state index is -0.202. The number of ketones is 2. The molecule has 0 aliphatic carbocycles. The van der Waals surface area contributed by atoms with E-state index in [2.05, 4.69) is 0 Å². The Morgan fingerprint density at radius 1 is 0.696 bits per heavy atom. The topological polar surface area (TPSA) is 52.6 Å². The molecule has 0 aliphatic heterocycles. The second-order valence-electron chi connectivity index (χ2n) is 4.94. The third-order valence-electron chi connectivity index (χ3n) is 3.30. The highest BCUT2D eigenvalue weighted by Crippen LogP contribution is 2.16. The van der Waals surface area contributed by atoms with E-state index in [4.69, 9.17) is 9.47 Å². The summed E-state index contributed by atoms with van der Waals surface area (Å²) in [6.07, 6.45) is -0.151. The zero-order valence-electron chi connectivity index (χ0n) is 13.4. The van der Waals surface area contributed by atoms with Crippen LogP contribution in [0.15, 0.2) is 48.5 Å². The van der Waals surface area contributed by atoms with E-state index in [9.17, 15) is 9.59 Å². The van der Waals surface area contributed by atoms with Crippen molar-refractivity contribution >= 4 is 11.6 Å².